The first-order chi connectivity index (χ1) is 6.68. The molecule has 3 nitrogen and oxygen atoms in total. The fourth-order valence-corrected chi connectivity index (χ4v) is 2.10. The molecular weight excluding hydrogens is 174 g/mol. The van der Waals surface area contributed by atoms with Crippen molar-refractivity contribution in [2.75, 3.05) is 38.2 Å². The predicted molar refractivity (Wildman–Crippen MR) is 59.4 cm³/mol. The minimum absolute atomic E-state index is 1.13. The summed E-state index contributed by atoms with van der Waals surface area (Å²) >= 11 is 0. The van der Waals surface area contributed by atoms with Crippen molar-refractivity contribution in [3.8, 4) is 0 Å². The van der Waals surface area contributed by atoms with E-state index in [1.165, 1.54) is 11.4 Å². The van der Waals surface area contributed by atoms with E-state index in [1.807, 2.05) is 0 Å². The number of likely N-dealkylation sites (N-methyl/N-ethyl adjacent to an activating group) is 1. The third kappa shape index (κ3) is 1.64. The van der Waals surface area contributed by atoms with Crippen LogP contribution in [0.3, 0.4) is 0 Å². The van der Waals surface area contributed by atoms with Crippen LogP contribution in [-0.2, 0) is 0 Å². The van der Waals surface area contributed by atoms with Gasteiger partial charge in [-0.1, -0.05) is 0 Å². The zero-order valence-corrected chi connectivity index (χ0v) is 9.32. The standard InChI is InChI=1S/C11H19N3/c1-10-4-5-11(2)14(10)13-8-6-12(3)7-9-13/h4-5H,6-9H2,1-3H3. The van der Waals surface area contributed by atoms with Gasteiger partial charge in [-0.2, -0.15) is 0 Å². The molecule has 1 aliphatic rings. The Hall–Kier alpha value is -0.960. The molecule has 14 heavy (non-hydrogen) atoms. The van der Waals surface area contributed by atoms with Crippen molar-refractivity contribution >= 4 is 0 Å². The van der Waals surface area contributed by atoms with E-state index < -0.39 is 0 Å². The summed E-state index contributed by atoms with van der Waals surface area (Å²) in [5, 5.41) is 2.44. The number of aryl methyl sites for hydroxylation is 2. The molecule has 0 N–H and O–H groups in total. The molecule has 0 atom stereocenters. The fraction of sp³-hybridized carbons (Fsp3) is 0.636. The molecule has 0 amide bonds. The van der Waals surface area contributed by atoms with Crippen LogP contribution in [0.2, 0.25) is 0 Å². The third-order valence-electron chi connectivity index (χ3n) is 3.00. The monoisotopic (exact) mass is 193 g/mol. The molecule has 1 aliphatic heterocycles. The molecule has 1 aromatic heterocycles. The Balaban J connectivity index is 2.15. The first-order valence-electron chi connectivity index (χ1n) is 5.27. The summed E-state index contributed by atoms with van der Waals surface area (Å²) in [5.74, 6) is 0. The Labute approximate surface area is 85.9 Å². The van der Waals surface area contributed by atoms with Gasteiger partial charge in [0.25, 0.3) is 0 Å². The SMILES string of the molecule is Cc1ccc(C)n1N1CCN(C)CC1. The van der Waals surface area contributed by atoms with Crippen molar-refractivity contribution in [2.24, 2.45) is 0 Å². The summed E-state index contributed by atoms with van der Waals surface area (Å²) in [6, 6.07) is 4.38. The lowest BCUT2D eigenvalue weighted by Crippen LogP contribution is -2.50. The van der Waals surface area contributed by atoms with Crippen LogP contribution in [-0.4, -0.2) is 42.8 Å². The van der Waals surface area contributed by atoms with Gasteiger partial charge in [-0.25, -0.2) is 0 Å². The second-order valence-corrected chi connectivity index (χ2v) is 4.18. The first kappa shape index (κ1) is 9.59. The Morgan fingerprint density at radius 1 is 0.929 bits per heavy atom. The maximum Gasteiger partial charge on any atom is 0.0472 e. The van der Waals surface area contributed by atoms with E-state index in [0.717, 1.165) is 26.2 Å². The van der Waals surface area contributed by atoms with Crippen LogP contribution in [0.25, 0.3) is 0 Å². The average Bonchev–Trinajstić information content (AvgIpc) is 2.49. The van der Waals surface area contributed by atoms with E-state index in [0.29, 0.717) is 0 Å². The van der Waals surface area contributed by atoms with Gasteiger partial charge in [-0.15, -0.1) is 0 Å². The molecule has 0 saturated carbocycles. The number of hydrogen-bond acceptors (Lipinski definition) is 2. The number of aromatic nitrogens is 1. The summed E-state index contributed by atoms with van der Waals surface area (Å²) in [7, 11) is 2.19. The molecule has 0 spiro atoms. The summed E-state index contributed by atoms with van der Waals surface area (Å²) < 4.78 is 2.34. The van der Waals surface area contributed by atoms with Crippen molar-refractivity contribution < 1.29 is 0 Å². The summed E-state index contributed by atoms with van der Waals surface area (Å²) in [6.45, 7) is 8.93. The Morgan fingerprint density at radius 2 is 1.43 bits per heavy atom. The van der Waals surface area contributed by atoms with E-state index in [1.54, 1.807) is 0 Å². The minimum atomic E-state index is 1.13. The molecular formula is C11H19N3. The second-order valence-electron chi connectivity index (χ2n) is 4.18. The Morgan fingerprint density at radius 3 is 1.93 bits per heavy atom. The molecule has 1 fully saturated rings. The van der Waals surface area contributed by atoms with E-state index in [2.05, 4.69) is 47.6 Å². The normalized spacial score (nSPS) is 18.9. The summed E-state index contributed by atoms with van der Waals surface area (Å²) in [5.41, 5.74) is 2.68. The molecule has 0 aromatic carbocycles. The van der Waals surface area contributed by atoms with E-state index in [9.17, 15) is 0 Å². The van der Waals surface area contributed by atoms with Gasteiger partial charge in [0.05, 0.1) is 0 Å². The van der Waals surface area contributed by atoms with Crippen LogP contribution >= 0.6 is 0 Å². The molecule has 78 valence electrons. The van der Waals surface area contributed by atoms with Crippen molar-refractivity contribution in [1.29, 1.82) is 0 Å². The number of piperazine rings is 1. The molecule has 2 heterocycles. The van der Waals surface area contributed by atoms with Crippen LogP contribution in [0.15, 0.2) is 12.1 Å². The van der Waals surface area contributed by atoms with Crippen LogP contribution in [0, 0.1) is 13.8 Å². The van der Waals surface area contributed by atoms with Crippen LogP contribution in [0.5, 0.6) is 0 Å². The lowest BCUT2D eigenvalue weighted by molar-refractivity contribution is 0.285. The highest BCUT2D eigenvalue weighted by molar-refractivity contribution is 5.17. The lowest BCUT2D eigenvalue weighted by Gasteiger charge is -2.36. The molecule has 1 saturated heterocycles. The van der Waals surface area contributed by atoms with Crippen molar-refractivity contribution in [1.82, 2.24) is 9.58 Å². The number of rotatable bonds is 1. The molecule has 0 aliphatic carbocycles. The summed E-state index contributed by atoms with van der Waals surface area (Å²) in [6.07, 6.45) is 0. The molecule has 0 radical (unpaired) electrons. The third-order valence-corrected chi connectivity index (χ3v) is 3.00. The maximum absolute atomic E-state index is 2.44. The van der Waals surface area contributed by atoms with Gasteiger partial charge in [0.2, 0.25) is 0 Å². The molecule has 3 heteroatoms. The molecule has 1 aromatic rings. The Kier molecular flexibility index (Phi) is 2.50. The average molecular weight is 193 g/mol. The molecule has 0 unspecified atom stereocenters. The highest BCUT2D eigenvalue weighted by Crippen LogP contribution is 2.09. The quantitative estimate of drug-likeness (QED) is 0.659. The van der Waals surface area contributed by atoms with Gasteiger partial charge in [0, 0.05) is 37.6 Å². The minimum Gasteiger partial charge on any atom is -0.310 e. The van der Waals surface area contributed by atoms with Gasteiger partial charge >= 0.3 is 0 Å². The first-order valence-corrected chi connectivity index (χ1v) is 5.27. The lowest BCUT2D eigenvalue weighted by atomic mass is 10.4. The second kappa shape index (κ2) is 3.65. The van der Waals surface area contributed by atoms with Gasteiger partial charge in [0.15, 0.2) is 0 Å². The van der Waals surface area contributed by atoms with E-state index in [-0.39, 0.29) is 0 Å². The van der Waals surface area contributed by atoms with E-state index >= 15 is 0 Å². The molecule has 0 bridgehead atoms. The number of hydrogen-bond donors (Lipinski definition) is 0. The fourth-order valence-electron chi connectivity index (χ4n) is 2.10. The van der Waals surface area contributed by atoms with Gasteiger partial charge in [-0.05, 0) is 33.0 Å². The Bertz CT molecular complexity index is 289. The number of nitrogens with zero attached hydrogens (tertiary/aromatic N) is 3. The van der Waals surface area contributed by atoms with Gasteiger partial charge in [-0.3, -0.25) is 4.68 Å². The van der Waals surface area contributed by atoms with Gasteiger partial charge < -0.3 is 9.91 Å². The van der Waals surface area contributed by atoms with Crippen LogP contribution < -0.4 is 5.01 Å². The van der Waals surface area contributed by atoms with Gasteiger partial charge in [0.1, 0.15) is 0 Å². The smallest absolute Gasteiger partial charge is 0.0472 e. The van der Waals surface area contributed by atoms with Crippen molar-refractivity contribution in [3.05, 3.63) is 23.5 Å². The van der Waals surface area contributed by atoms with Crippen molar-refractivity contribution in [2.45, 2.75) is 13.8 Å². The van der Waals surface area contributed by atoms with Crippen LogP contribution in [0.4, 0.5) is 0 Å². The predicted octanol–water partition coefficient (Wildman–Crippen LogP) is 0.988. The summed E-state index contributed by atoms with van der Waals surface area (Å²) in [4.78, 5) is 2.38. The highest BCUT2D eigenvalue weighted by Gasteiger charge is 2.15. The largest absolute Gasteiger partial charge is 0.310 e. The molecule has 2 rings (SSSR count). The topological polar surface area (TPSA) is 11.4 Å². The zero-order valence-electron chi connectivity index (χ0n) is 9.32. The van der Waals surface area contributed by atoms with Crippen molar-refractivity contribution in [3.63, 3.8) is 0 Å². The highest BCUT2D eigenvalue weighted by atomic mass is 15.6. The van der Waals surface area contributed by atoms with Crippen LogP contribution in [0.1, 0.15) is 11.4 Å². The van der Waals surface area contributed by atoms with E-state index in [4.69, 9.17) is 0 Å². The zero-order chi connectivity index (χ0) is 10.1. The maximum atomic E-state index is 2.44.